The number of benzene rings is 1. The fraction of sp³-hybridized carbons (Fsp3) is 0.611. The van der Waals surface area contributed by atoms with E-state index in [2.05, 4.69) is 0 Å². The molecule has 0 bridgehead atoms. The Morgan fingerprint density at radius 1 is 1.30 bits per heavy atom. The molecule has 1 fully saturated rings. The molecule has 1 aromatic carbocycles. The van der Waals surface area contributed by atoms with Crippen LogP contribution in [0.4, 0.5) is 13.2 Å². The fourth-order valence-corrected chi connectivity index (χ4v) is 4.95. The molecule has 0 radical (unpaired) electrons. The van der Waals surface area contributed by atoms with Gasteiger partial charge in [-0.15, -0.1) is 0 Å². The minimum absolute atomic E-state index is 0.0205. The van der Waals surface area contributed by atoms with Crippen molar-refractivity contribution in [1.29, 1.82) is 0 Å². The number of carbonyl (C=O) groups excluding carboxylic acids is 1. The molecular weight excluding hydrogens is 381 g/mol. The second kappa shape index (κ2) is 8.60. The molecule has 0 spiro atoms. The zero-order valence-corrected chi connectivity index (χ0v) is 16.3. The predicted octanol–water partition coefficient (Wildman–Crippen LogP) is 3.12. The minimum Gasteiger partial charge on any atom is -0.341 e. The van der Waals surface area contributed by atoms with E-state index in [9.17, 15) is 26.4 Å². The zero-order chi connectivity index (χ0) is 20.2. The summed E-state index contributed by atoms with van der Waals surface area (Å²) < 4.78 is 65.2. The van der Waals surface area contributed by atoms with Crippen molar-refractivity contribution in [2.45, 2.75) is 38.9 Å². The standard InChI is InChI=1S/C18H25F3N2O3S/c1-3-11-27(25,26)23-10-6-8-15(13-23)17(24)22(2)12-14-7-4-5-9-16(14)18(19,20)21/h4-5,7,9,15H,3,6,8,10-13H2,1-2H3. The van der Waals surface area contributed by atoms with Crippen LogP contribution in [0.1, 0.15) is 37.3 Å². The number of hydrogen-bond donors (Lipinski definition) is 0. The van der Waals surface area contributed by atoms with Gasteiger partial charge in [-0.05, 0) is 30.9 Å². The largest absolute Gasteiger partial charge is 0.416 e. The molecule has 1 atom stereocenters. The Morgan fingerprint density at radius 2 is 1.96 bits per heavy atom. The quantitative estimate of drug-likeness (QED) is 0.729. The van der Waals surface area contributed by atoms with Gasteiger partial charge in [0.05, 0.1) is 17.2 Å². The third-order valence-electron chi connectivity index (χ3n) is 4.70. The Bertz CT molecular complexity index is 765. The number of alkyl halides is 3. The highest BCUT2D eigenvalue weighted by molar-refractivity contribution is 7.89. The molecule has 1 heterocycles. The van der Waals surface area contributed by atoms with Crippen LogP contribution >= 0.6 is 0 Å². The maximum atomic E-state index is 13.1. The zero-order valence-electron chi connectivity index (χ0n) is 15.5. The molecular formula is C18H25F3N2O3S. The van der Waals surface area contributed by atoms with E-state index in [0.717, 1.165) is 6.07 Å². The number of rotatable bonds is 6. The highest BCUT2D eigenvalue weighted by atomic mass is 32.2. The molecule has 0 saturated carbocycles. The van der Waals surface area contributed by atoms with Gasteiger partial charge in [-0.3, -0.25) is 4.79 Å². The number of halogens is 3. The van der Waals surface area contributed by atoms with Crippen LogP contribution in [0.5, 0.6) is 0 Å². The van der Waals surface area contributed by atoms with E-state index >= 15 is 0 Å². The molecule has 5 nitrogen and oxygen atoms in total. The van der Waals surface area contributed by atoms with Crippen LogP contribution in [-0.4, -0.2) is 49.4 Å². The molecule has 2 rings (SSSR count). The van der Waals surface area contributed by atoms with Gasteiger partial charge in [0.2, 0.25) is 15.9 Å². The van der Waals surface area contributed by atoms with Gasteiger partial charge in [0.1, 0.15) is 0 Å². The van der Waals surface area contributed by atoms with Crippen LogP contribution in [0.3, 0.4) is 0 Å². The summed E-state index contributed by atoms with van der Waals surface area (Å²) in [4.78, 5) is 14.0. The molecule has 0 aromatic heterocycles. The van der Waals surface area contributed by atoms with Crippen LogP contribution in [0.15, 0.2) is 24.3 Å². The Morgan fingerprint density at radius 3 is 2.59 bits per heavy atom. The van der Waals surface area contributed by atoms with E-state index in [1.165, 1.54) is 34.5 Å². The summed E-state index contributed by atoms with van der Waals surface area (Å²) in [6.07, 6.45) is -2.91. The topological polar surface area (TPSA) is 57.7 Å². The second-order valence-electron chi connectivity index (χ2n) is 6.86. The van der Waals surface area contributed by atoms with Crippen molar-refractivity contribution in [3.63, 3.8) is 0 Å². The Hall–Kier alpha value is -1.61. The molecule has 9 heteroatoms. The Labute approximate surface area is 158 Å². The maximum Gasteiger partial charge on any atom is 0.416 e. The SMILES string of the molecule is CCCS(=O)(=O)N1CCCC(C(=O)N(C)Cc2ccccc2C(F)(F)F)C1. The van der Waals surface area contributed by atoms with Gasteiger partial charge < -0.3 is 4.90 Å². The summed E-state index contributed by atoms with van der Waals surface area (Å²) >= 11 is 0. The fourth-order valence-electron chi connectivity index (χ4n) is 3.36. The van der Waals surface area contributed by atoms with Gasteiger partial charge in [0.15, 0.2) is 0 Å². The number of piperidine rings is 1. The van der Waals surface area contributed by atoms with Crippen molar-refractivity contribution in [2.24, 2.45) is 5.92 Å². The molecule has 1 saturated heterocycles. The van der Waals surface area contributed by atoms with Gasteiger partial charge in [-0.25, -0.2) is 12.7 Å². The summed E-state index contributed by atoms with van der Waals surface area (Å²) in [5, 5.41) is 0. The van der Waals surface area contributed by atoms with Crippen molar-refractivity contribution in [2.75, 3.05) is 25.9 Å². The molecule has 1 aliphatic heterocycles. The molecule has 0 N–H and O–H groups in total. The summed E-state index contributed by atoms with van der Waals surface area (Å²) in [6.45, 7) is 2.07. The van der Waals surface area contributed by atoms with Crippen molar-refractivity contribution in [3.8, 4) is 0 Å². The van der Waals surface area contributed by atoms with Crippen LogP contribution in [0.25, 0.3) is 0 Å². The molecule has 1 aromatic rings. The van der Waals surface area contributed by atoms with E-state index in [1.807, 2.05) is 0 Å². The van der Waals surface area contributed by atoms with Crippen LogP contribution in [-0.2, 0) is 27.5 Å². The van der Waals surface area contributed by atoms with Crippen LogP contribution in [0.2, 0.25) is 0 Å². The summed E-state index contributed by atoms with van der Waals surface area (Å²) in [5.74, 6) is -0.834. The average Bonchev–Trinajstić information content (AvgIpc) is 2.60. The van der Waals surface area contributed by atoms with Gasteiger partial charge in [0, 0.05) is 26.7 Å². The highest BCUT2D eigenvalue weighted by Gasteiger charge is 2.35. The van der Waals surface area contributed by atoms with E-state index < -0.39 is 27.7 Å². The third kappa shape index (κ3) is 5.44. The second-order valence-corrected chi connectivity index (χ2v) is 8.95. The van der Waals surface area contributed by atoms with Crippen LogP contribution in [0, 0.1) is 5.92 Å². The molecule has 1 amide bonds. The first kappa shape index (κ1) is 21.7. The summed E-state index contributed by atoms with van der Waals surface area (Å²) in [5.41, 5.74) is -0.743. The van der Waals surface area contributed by atoms with Gasteiger partial charge in [-0.1, -0.05) is 25.1 Å². The molecule has 27 heavy (non-hydrogen) atoms. The van der Waals surface area contributed by atoms with Crippen molar-refractivity contribution in [1.82, 2.24) is 9.21 Å². The Balaban J connectivity index is 2.10. The molecule has 1 aliphatic rings. The third-order valence-corrected chi connectivity index (χ3v) is 6.74. The van der Waals surface area contributed by atoms with E-state index in [4.69, 9.17) is 0 Å². The lowest BCUT2D eigenvalue weighted by atomic mass is 9.97. The summed E-state index contributed by atoms with van der Waals surface area (Å²) in [6, 6.07) is 5.16. The first-order chi connectivity index (χ1) is 12.6. The number of carbonyl (C=O) groups is 1. The first-order valence-electron chi connectivity index (χ1n) is 8.94. The van der Waals surface area contributed by atoms with Crippen molar-refractivity contribution < 1.29 is 26.4 Å². The molecule has 152 valence electrons. The van der Waals surface area contributed by atoms with E-state index in [-0.39, 0.29) is 30.3 Å². The molecule has 0 aliphatic carbocycles. The van der Waals surface area contributed by atoms with Gasteiger partial charge in [-0.2, -0.15) is 13.2 Å². The van der Waals surface area contributed by atoms with Gasteiger partial charge >= 0.3 is 6.18 Å². The lowest BCUT2D eigenvalue weighted by Gasteiger charge is -2.33. The van der Waals surface area contributed by atoms with E-state index in [1.54, 1.807) is 6.92 Å². The number of nitrogens with zero attached hydrogens (tertiary/aromatic N) is 2. The monoisotopic (exact) mass is 406 g/mol. The minimum atomic E-state index is -4.49. The normalized spacial score (nSPS) is 19.1. The lowest BCUT2D eigenvalue weighted by molar-refractivity contribution is -0.140. The predicted molar refractivity (Wildman–Crippen MR) is 96.3 cm³/mol. The average molecular weight is 406 g/mol. The highest BCUT2D eigenvalue weighted by Crippen LogP contribution is 2.32. The Kier molecular flexibility index (Phi) is 6.91. The maximum absolute atomic E-state index is 13.1. The number of hydrogen-bond acceptors (Lipinski definition) is 3. The van der Waals surface area contributed by atoms with Crippen LogP contribution < -0.4 is 0 Å². The van der Waals surface area contributed by atoms with E-state index in [0.29, 0.717) is 25.8 Å². The number of amides is 1. The molecule has 1 unspecified atom stereocenters. The van der Waals surface area contributed by atoms with Crippen molar-refractivity contribution in [3.05, 3.63) is 35.4 Å². The smallest absolute Gasteiger partial charge is 0.341 e. The number of sulfonamides is 1. The summed E-state index contributed by atoms with van der Waals surface area (Å²) in [7, 11) is -1.94. The van der Waals surface area contributed by atoms with Crippen molar-refractivity contribution >= 4 is 15.9 Å². The van der Waals surface area contributed by atoms with Gasteiger partial charge in [0.25, 0.3) is 0 Å². The first-order valence-corrected chi connectivity index (χ1v) is 10.5. The lowest BCUT2D eigenvalue weighted by Crippen LogP contribution is -2.46.